The summed E-state index contributed by atoms with van der Waals surface area (Å²) in [6.07, 6.45) is 0. The molecule has 2 aromatic carbocycles. The summed E-state index contributed by atoms with van der Waals surface area (Å²) in [7, 11) is 1.60. The maximum Gasteiger partial charge on any atom is 0.263 e. The van der Waals surface area contributed by atoms with Gasteiger partial charge in [0.1, 0.15) is 18.1 Å². The minimum absolute atomic E-state index is 0.0283. The Bertz CT molecular complexity index is 1090. The summed E-state index contributed by atoms with van der Waals surface area (Å²) in [5.41, 5.74) is 2.27. The number of aromatic nitrogens is 1. The van der Waals surface area contributed by atoms with E-state index in [4.69, 9.17) is 9.47 Å². The van der Waals surface area contributed by atoms with E-state index in [1.807, 2.05) is 38.1 Å². The van der Waals surface area contributed by atoms with Gasteiger partial charge in [-0.05, 0) is 36.2 Å². The molecule has 0 bridgehead atoms. The summed E-state index contributed by atoms with van der Waals surface area (Å²) in [5, 5.41) is 0.712. The van der Waals surface area contributed by atoms with Crippen LogP contribution in [0.2, 0.25) is 0 Å². The van der Waals surface area contributed by atoms with Crippen molar-refractivity contribution in [2.45, 2.75) is 19.8 Å². The van der Waals surface area contributed by atoms with Crippen molar-refractivity contribution in [2.75, 3.05) is 20.3 Å². The van der Waals surface area contributed by atoms with E-state index < -0.39 is 0 Å². The first-order valence-corrected chi connectivity index (χ1v) is 9.57. The average molecular weight is 390 g/mol. The Morgan fingerprint density at radius 3 is 2.28 bits per heavy atom. The van der Waals surface area contributed by atoms with Crippen molar-refractivity contribution in [1.82, 2.24) is 9.88 Å². The normalized spacial score (nSPS) is 13.3. The number of carbonyl (C=O) groups is 2. The third-order valence-corrected chi connectivity index (χ3v) is 5.03. The monoisotopic (exact) mass is 390 g/mol. The molecule has 3 aromatic rings. The molecular weight excluding hydrogens is 368 g/mol. The number of hydrogen-bond donors (Lipinski definition) is 0. The second-order valence-corrected chi connectivity index (χ2v) is 7.20. The summed E-state index contributed by atoms with van der Waals surface area (Å²) in [6.45, 7) is 4.33. The van der Waals surface area contributed by atoms with Gasteiger partial charge in [-0.1, -0.05) is 32.0 Å². The Balaban J connectivity index is 1.60. The lowest BCUT2D eigenvalue weighted by Gasteiger charge is -2.15. The average Bonchev–Trinajstić information content (AvgIpc) is 2.99. The molecule has 0 radical (unpaired) electrons. The molecule has 0 unspecified atom stereocenters. The van der Waals surface area contributed by atoms with E-state index in [-0.39, 0.29) is 30.9 Å². The fourth-order valence-electron chi connectivity index (χ4n) is 3.58. The maximum absolute atomic E-state index is 13.1. The number of para-hydroxylation sites is 1. The van der Waals surface area contributed by atoms with Crippen LogP contribution in [0.5, 0.6) is 11.5 Å². The molecule has 0 saturated heterocycles. The van der Waals surface area contributed by atoms with Crippen LogP contribution in [0.25, 0.3) is 10.9 Å². The summed E-state index contributed by atoms with van der Waals surface area (Å²) in [5.74, 6) is 0.824. The van der Waals surface area contributed by atoms with Crippen molar-refractivity contribution >= 4 is 22.7 Å². The smallest absolute Gasteiger partial charge is 0.263 e. The number of imide groups is 1. The Morgan fingerprint density at radius 1 is 0.931 bits per heavy atom. The quantitative estimate of drug-likeness (QED) is 0.594. The van der Waals surface area contributed by atoms with Crippen LogP contribution >= 0.6 is 0 Å². The minimum Gasteiger partial charge on any atom is -0.497 e. The number of pyridine rings is 1. The molecule has 0 spiro atoms. The molecule has 0 saturated carbocycles. The van der Waals surface area contributed by atoms with Crippen molar-refractivity contribution in [3.8, 4) is 11.5 Å². The molecule has 6 heteroatoms. The molecule has 148 valence electrons. The third kappa shape index (κ3) is 3.31. The van der Waals surface area contributed by atoms with Gasteiger partial charge in [0.2, 0.25) is 0 Å². The van der Waals surface area contributed by atoms with Crippen LogP contribution in [0.3, 0.4) is 0 Å². The molecule has 0 aliphatic carbocycles. The van der Waals surface area contributed by atoms with Crippen molar-refractivity contribution in [2.24, 2.45) is 0 Å². The summed E-state index contributed by atoms with van der Waals surface area (Å²) in [4.78, 5) is 32.1. The molecule has 1 aliphatic heterocycles. The zero-order valence-corrected chi connectivity index (χ0v) is 16.6. The Morgan fingerprint density at radius 2 is 1.59 bits per heavy atom. The van der Waals surface area contributed by atoms with Crippen LogP contribution in [0.4, 0.5) is 0 Å². The van der Waals surface area contributed by atoms with Crippen LogP contribution in [0.15, 0.2) is 48.5 Å². The highest BCUT2D eigenvalue weighted by atomic mass is 16.5. The second-order valence-electron chi connectivity index (χ2n) is 7.20. The second kappa shape index (κ2) is 7.54. The minimum atomic E-state index is -0.301. The van der Waals surface area contributed by atoms with Gasteiger partial charge in [-0.2, -0.15) is 0 Å². The number of rotatable bonds is 6. The van der Waals surface area contributed by atoms with Gasteiger partial charge in [0.15, 0.2) is 0 Å². The van der Waals surface area contributed by atoms with E-state index in [1.54, 1.807) is 31.4 Å². The topological polar surface area (TPSA) is 68.7 Å². The van der Waals surface area contributed by atoms with Crippen LogP contribution in [-0.2, 0) is 0 Å². The predicted molar refractivity (Wildman–Crippen MR) is 110 cm³/mol. The molecule has 0 fully saturated rings. The van der Waals surface area contributed by atoms with E-state index in [1.165, 1.54) is 4.90 Å². The lowest BCUT2D eigenvalue weighted by atomic mass is 9.97. The number of benzene rings is 2. The number of fused-ring (bicyclic) bond motifs is 3. The van der Waals surface area contributed by atoms with Crippen LogP contribution in [0.1, 0.15) is 46.2 Å². The van der Waals surface area contributed by atoms with Crippen molar-refractivity contribution < 1.29 is 19.1 Å². The molecule has 1 aromatic heterocycles. The number of hydrogen-bond acceptors (Lipinski definition) is 5. The molecular formula is C23H22N2O4. The van der Waals surface area contributed by atoms with E-state index in [9.17, 15) is 9.59 Å². The van der Waals surface area contributed by atoms with Gasteiger partial charge < -0.3 is 9.47 Å². The first kappa shape index (κ1) is 18.9. The largest absolute Gasteiger partial charge is 0.497 e. The molecule has 1 aliphatic rings. The van der Waals surface area contributed by atoms with Crippen LogP contribution < -0.4 is 9.47 Å². The first-order chi connectivity index (χ1) is 14.0. The fraction of sp³-hybridized carbons (Fsp3) is 0.261. The number of amides is 2. The van der Waals surface area contributed by atoms with Crippen molar-refractivity contribution in [3.63, 3.8) is 0 Å². The number of methoxy groups -OCH3 is 1. The van der Waals surface area contributed by atoms with Gasteiger partial charge in [-0.15, -0.1) is 0 Å². The molecule has 2 heterocycles. The molecule has 0 atom stereocenters. The third-order valence-electron chi connectivity index (χ3n) is 5.03. The lowest BCUT2D eigenvalue weighted by Crippen LogP contribution is -2.33. The molecule has 29 heavy (non-hydrogen) atoms. The lowest BCUT2D eigenvalue weighted by molar-refractivity contribution is 0.0631. The molecule has 6 nitrogen and oxygen atoms in total. The molecule has 0 N–H and O–H groups in total. The number of carbonyl (C=O) groups excluding carboxylic acids is 2. The molecule has 4 rings (SSSR count). The maximum atomic E-state index is 13.1. The number of nitrogens with zero attached hydrogens (tertiary/aromatic N) is 2. The molecule has 2 amide bonds. The van der Waals surface area contributed by atoms with E-state index in [2.05, 4.69) is 4.98 Å². The first-order valence-electron chi connectivity index (χ1n) is 9.57. The number of ether oxygens (including phenoxy) is 2. The van der Waals surface area contributed by atoms with Gasteiger partial charge in [-0.3, -0.25) is 19.5 Å². The van der Waals surface area contributed by atoms with Gasteiger partial charge in [0.05, 0.1) is 36.0 Å². The zero-order chi connectivity index (χ0) is 20.5. The summed E-state index contributed by atoms with van der Waals surface area (Å²) in [6, 6.07) is 14.6. The van der Waals surface area contributed by atoms with Gasteiger partial charge in [0, 0.05) is 5.39 Å². The predicted octanol–water partition coefficient (Wildman–Crippen LogP) is 4.04. The van der Waals surface area contributed by atoms with Gasteiger partial charge >= 0.3 is 0 Å². The highest BCUT2D eigenvalue weighted by Crippen LogP contribution is 2.34. The highest BCUT2D eigenvalue weighted by molar-refractivity contribution is 6.26. The Kier molecular flexibility index (Phi) is 4.92. The van der Waals surface area contributed by atoms with Crippen LogP contribution in [-0.4, -0.2) is 42.0 Å². The highest BCUT2D eigenvalue weighted by Gasteiger charge is 2.40. The summed E-state index contributed by atoms with van der Waals surface area (Å²) < 4.78 is 10.8. The van der Waals surface area contributed by atoms with Crippen LogP contribution in [0, 0.1) is 0 Å². The SMILES string of the molecule is COc1ccc(OCCN2C(=O)c3c(C(C)C)nc4ccccc4c3C2=O)cc1. The van der Waals surface area contributed by atoms with Crippen molar-refractivity contribution in [3.05, 3.63) is 65.4 Å². The van der Waals surface area contributed by atoms with E-state index >= 15 is 0 Å². The fourth-order valence-corrected chi connectivity index (χ4v) is 3.58. The Labute approximate surface area is 169 Å². The zero-order valence-electron chi connectivity index (χ0n) is 16.6. The Hall–Kier alpha value is -3.41. The van der Waals surface area contributed by atoms with E-state index in [0.29, 0.717) is 28.0 Å². The van der Waals surface area contributed by atoms with Gasteiger partial charge in [-0.25, -0.2) is 0 Å². The van der Waals surface area contributed by atoms with E-state index in [0.717, 1.165) is 11.3 Å². The van der Waals surface area contributed by atoms with Gasteiger partial charge in [0.25, 0.3) is 11.8 Å². The summed E-state index contributed by atoms with van der Waals surface area (Å²) >= 11 is 0. The standard InChI is InChI=1S/C23H22N2O4/c1-14(2)21-20-19(17-6-4-5-7-18(17)24-21)22(26)25(23(20)27)12-13-29-16-10-8-15(28-3)9-11-16/h4-11,14H,12-13H2,1-3H3. The van der Waals surface area contributed by atoms with Crippen molar-refractivity contribution in [1.29, 1.82) is 0 Å².